The van der Waals surface area contributed by atoms with Gasteiger partial charge in [0.2, 0.25) is 5.16 Å². The van der Waals surface area contributed by atoms with E-state index in [0.717, 1.165) is 16.5 Å². The van der Waals surface area contributed by atoms with Crippen molar-refractivity contribution in [3.05, 3.63) is 89.7 Å². The zero-order chi connectivity index (χ0) is 17.8. The smallest absolute Gasteiger partial charge is 0.195 e. The van der Waals surface area contributed by atoms with Crippen molar-refractivity contribution in [3.8, 4) is 0 Å². The summed E-state index contributed by atoms with van der Waals surface area (Å²) in [5, 5.41) is 15.9. The van der Waals surface area contributed by atoms with Crippen molar-refractivity contribution in [2.24, 2.45) is 5.10 Å². The number of aromatic nitrogens is 3. The van der Waals surface area contributed by atoms with Crippen LogP contribution >= 0.6 is 11.8 Å². The van der Waals surface area contributed by atoms with E-state index in [-0.39, 0.29) is 0 Å². The summed E-state index contributed by atoms with van der Waals surface area (Å²) < 4.78 is 1.72. The van der Waals surface area contributed by atoms with Crippen molar-refractivity contribution in [2.75, 3.05) is 0 Å². The van der Waals surface area contributed by atoms with Gasteiger partial charge in [0.25, 0.3) is 0 Å². The van der Waals surface area contributed by atoms with Crippen LogP contribution in [0, 0.1) is 6.92 Å². The molecule has 0 spiro atoms. The quantitative estimate of drug-likeness (QED) is 0.376. The summed E-state index contributed by atoms with van der Waals surface area (Å²) >= 11 is 1.63. The molecule has 4 aromatic rings. The number of rotatable bonds is 5. The number of benzene rings is 3. The summed E-state index contributed by atoms with van der Waals surface area (Å²) in [5.41, 5.74) is 3.60. The maximum absolute atomic E-state index is 4.56. The van der Waals surface area contributed by atoms with Gasteiger partial charge in [-0.3, -0.25) is 0 Å². The highest BCUT2D eigenvalue weighted by molar-refractivity contribution is 7.98. The number of fused-ring (bicyclic) bond motifs is 1. The van der Waals surface area contributed by atoms with Crippen LogP contribution in [0.2, 0.25) is 0 Å². The molecular formula is C21H18N4S. The minimum Gasteiger partial charge on any atom is -0.195 e. The molecule has 1 aromatic heterocycles. The molecule has 4 nitrogen and oxygen atoms in total. The van der Waals surface area contributed by atoms with Crippen molar-refractivity contribution in [1.82, 2.24) is 14.9 Å². The Morgan fingerprint density at radius 2 is 1.81 bits per heavy atom. The minimum atomic E-state index is 0.780. The van der Waals surface area contributed by atoms with Crippen LogP contribution in [0.4, 0.5) is 0 Å². The zero-order valence-corrected chi connectivity index (χ0v) is 15.2. The van der Waals surface area contributed by atoms with Gasteiger partial charge >= 0.3 is 0 Å². The third kappa shape index (κ3) is 3.68. The molecule has 0 aliphatic carbocycles. The Bertz CT molecular complexity index is 1050. The molecule has 0 saturated heterocycles. The molecule has 0 aliphatic rings. The van der Waals surface area contributed by atoms with Gasteiger partial charge in [-0.2, -0.15) is 9.78 Å². The van der Waals surface area contributed by atoms with Gasteiger partial charge in [0, 0.05) is 11.3 Å². The topological polar surface area (TPSA) is 43.1 Å². The van der Waals surface area contributed by atoms with E-state index < -0.39 is 0 Å². The molecule has 0 N–H and O–H groups in total. The molecule has 0 amide bonds. The van der Waals surface area contributed by atoms with Gasteiger partial charge in [0.05, 0.1) is 6.21 Å². The summed E-state index contributed by atoms with van der Waals surface area (Å²) in [5.74, 6) is 0.836. The highest BCUT2D eigenvalue weighted by Gasteiger charge is 2.05. The third-order valence-electron chi connectivity index (χ3n) is 4.13. The molecule has 0 atom stereocenters. The molecular weight excluding hydrogens is 340 g/mol. The van der Waals surface area contributed by atoms with Gasteiger partial charge in [0.15, 0.2) is 0 Å². The fourth-order valence-corrected chi connectivity index (χ4v) is 3.53. The van der Waals surface area contributed by atoms with E-state index in [1.165, 1.54) is 21.9 Å². The summed E-state index contributed by atoms with van der Waals surface area (Å²) in [6.07, 6.45) is 3.50. The first-order valence-corrected chi connectivity index (χ1v) is 9.39. The number of hydrogen-bond donors (Lipinski definition) is 0. The summed E-state index contributed by atoms with van der Waals surface area (Å²) in [6, 6.07) is 23.0. The number of aryl methyl sites for hydroxylation is 1. The fraction of sp³-hybridized carbons (Fsp3) is 0.0952. The Morgan fingerprint density at radius 3 is 2.69 bits per heavy atom. The maximum Gasteiger partial charge on any atom is 0.212 e. The van der Waals surface area contributed by atoms with Gasteiger partial charge in [-0.15, -0.1) is 10.2 Å². The van der Waals surface area contributed by atoms with Crippen LogP contribution in [0.25, 0.3) is 10.8 Å². The molecule has 0 fully saturated rings. The minimum absolute atomic E-state index is 0.780. The zero-order valence-electron chi connectivity index (χ0n) is 14.4. The first-order valence-electron chi connectivity index (χ1n) is 8.40. The predicted molar refractivity (Wildman–Crippen MR) is 108 cm³/mol. The maximum atomic E-state index is 4.56. The molecule has 3 aromatic carbocycles. The van der Waals surface area contributed by atoms with E-state index in [9.17, 15) is 0 Å². The Morgan fingerprint density at radius 1 is 1.00 bits per heavy atom. The molecule has 0 saturated carbocycles. The summed E-state index contributed by atoms with van der Waals surface area (Å²) in [7, 11) is 0. The number of hydrogen-bond acceptors (Lipinski definition) is 4. The third-order valence-corrected chi connectivity index (χ3v) is 5.14. The van der Waals surface area contributed by atoms with E-state index in [1.807, 2.05) is 24.4 Å². The average Bonchev–Trinajstić information content (AvgIpc) is 3.13. The van der Waals surface area contributed by atoms with E-state index in [4.69, 9.17) is 0 Å². The van der Waals surface area contributed by atoms with Crippen molar-refractivity contribution >= 4 is 28.7 Å². The number of thioether (sulfide) groups is 1. The lowest BCUT2D eigenvalue weighted by molar-refractivity contribution is 0.767. The van der Waals surface area contributed by atoms with Gasteiger partial charge in [-0.25, -0.2) is 0 Å². The highest BCUT2D eigenvalue weighted by Crippen LogP contribution is 2.21. The van der Waals surface area contributed by atoms with Crippen molar-refractivity contribution in [2.45, 2.75) is 17.8 Å². The van der Waals surface area contributed by atoms with Crippen molar-refractivity contribution in [1.29, 1.82) is 0 Å². The lowest BCUT2D eigenvalue weighted by Gasteiger charge is -2.03. The SMILES string of the molecule is Cc1ccc(CSc2nncn2/N=C/c2cccc3ccccc23)cc1. The van der Waals surface area contributed by atoms with Crippen LogP contribution in [-0.4, -0.2) is 21.1 Å². The van der Waals surface area contributed by atoms with Crippen LogP contribution in [0.1, 0.15) is 16.7 Å². The average molecular weight is 358 g/mol. The second-order valence-electron chi connectivity index (χ2n) is 6.05. The summed E-state index contributed by atoms with van der Waals surface area (Å²) in [4.78, 5) is 0. The van der Waals surface area contributed by atoms with E-state index in [2.05, 4.69) is 70.8 Å². The second-order valence-corrected chi connectivity index (χ2v) is 6.99. The lowest BCUT2D eigenvalue weighted by Crippen LogP contribution is -1.93. The van der Waals surface area contributed by atoms with E-state index >= 15 is 0 Å². The van der Waals surface area contributed by atoms with E-state index in [1.54, 1.807) is 22.8 Å². The van der Waals surface area contributed by atoms with Gasteiger partial charge in [-0.1, -0.05) is 84.1 Å². The Labute approximate surface area is 156 Å². The molecule has 0 radical (unpaired) electrons. The van der Waals surface area contributed by atoms with Gasteiger partial charge in [0.1, 0.15) is 6.33 Å². The molecule has 0 aliphatic heterocycles. The second kappa shape index (κ2) is 7.54. The summed E-state index contributed by atoms with van der Waals surface area (Å²) in [6.45, 7) is 2.09. The van der Waals surface area contributed by atoms with E-state index in [0.29, 0.717) is 0 Å². The normalized spacial score (nSPS) is 11.4. The molecule has 128 valence electrons. The van der Waals surface area contributed by atoms with Crippen LogP contribution in [0.15, 0.2) is 83.3 Å². The first-order chi connectivity index (χ1) is 12.8. The largest absolute Gasteiger partial charge is 0.212 e. The molecule has 26 heavy (non-hydrogen) atoms. The van der Waals surface area contributed by atoms with Crippen LogP contribution in [0.3, 0.4) is 0 Å². The molecule has 4 rings (SSSR count). The standard InChI is InChI=1S/C21H18N4S/c1-16-9-11-17(12-10-16)14-26-21-24-22-15-25(21)23-13-19-7-4-6-18-5-2-3-8-20(18)19/h2-13,15H,14H2,1H3/b23-13+. The van der Waals surface area contributed by atoms with Crippen LogP contribution in [0.5, 0.6) is 0 Å². The van der Waals surface area contributed by atoms with Crippen molar-refractivity contribution in [3.63, 3.8) is 0 Å². The molecule has 1 heterocycles. The Kier molecular flexibility index (Phi) is 4.80. The first kappa shape index (κ1) is 16.5. The number of nitrogens with zero attached hydrogens (tertiary/aromatic N) is 4. The van der Waals surface area contributed by atoms with Crippen LogP contribution in [-0.2, 0) is 5.75 Å². The van der Waals surface area contributed by atoms with Crippen molar-refractivity contribution < 1.29 is 0 Å². The highest BCUT2D eigenvalue weighted by atomic mass is 32.2. The molecule has 5 heteroatoms. The molecule has 0 bridgehead atoms. The predicted octanol–water partition coefficient (Wildman–Crippen LogP) is 4.91. The Balaban J connectivity index is 1.53. The Hall–Kier alpha value is -2.92. The fourth-order valence-electron chi connectivity index (χ4n) is 2.71. The van der Waals surface area contributed by atoms with Gasteiger partial charge in [-0.05, 0) is 23.3 Å². The monoisotopic (exact) mass is 358 g/mol. The van der Waals surface area contributed by atoms with Crippen LogP contribution < -0.4 is 0 Å². The lowest BCUT2D eigenvalue weighted by atomic mass is 10.1. The van der Waals surface area contributed by atoms with Gasteiger partial charge < -0.3 is 0 Å². The molecule has 0 unspecified atom stereocenters.